The molecular weight excluding hydrogens is 416 g/mol. The zero-order valence-corrected chi connectivity index (χ0v) is 19.5. The normalized spacial score (nSPS) is 23.0. The Bertz CT molecular complexity index is 989. The lowest BCUT2D eigenvalue weighted by atomic mass is 9.73. The van der Waals surface area contributed by atoms with Crippen molar-refractivity contribution in [2.75, 3.05) is 11.9 Å². The molecule has 33 heavy (non-hydrogen) atoms. The van der Waals surface area contributed by atoms with Gasteiger partial charge in [-0.05, 0) is 61.3 Å². The lowest BCUT2D eigenvalue weighted by molar-refractivity contribution is 0.0118. The van der Waals surface area contributed by atoms with E-state index in [9.17, 15) is 8.78 Å². The molecule has 1 heterocycles. The molecule has 3 N–H and O–H groups in total. The highest BCUT2D eigenvalue weighted by Crippen LogP contribution is 2.43. The molecule has 176 valence electrons. The number of piperidine rings is 1. The number of nitrogens with one attached hydrogen (secondary N) is 1. The number of rotatable bonds is 7. The van der Waals surface area contributed by atoms with Crippen molar-refractivity contribution in [2.24, 2.45) is 11.7 Å². The number of halogens is 2. The number of hydrogen-bond donors (Lipinski definition) is 2. The number of fused-ring (bicyclic) bond motifs is 1. The number of nitrogens with two attached hydrogens (primary N) is 1. The van der Waals surface area contributed by atoms with Crippen molar-refractivity contribution in [3.63, 3.8) is 0 Å². The molecular formula is C28H35F2N3. The third-order valence-corrected chi connectivity index (χ3v) is 7.27. The summed E-state index contributed by atoms with van der Waals surface area (Å²) in [5.41, 5.74) is 11.5. The first-order valence-corrected chi connectivity index (χ1v) is 11.9. The quantitative estimate of drug-likeness (QED) is 0.482. The molecule has 1 saturated heterocycles. The van der Waals surface area contributed by atoms with E-state index >= 15 is 0 Å². The van der Waals surface area contributed by atoms with E-state index in [0.29, 0.717) is 12.3 Å². The minimum absolute atomic E-state index is 0.0214. The second-order valence-electron chi connectivity index (χ2n) is 9.74. The molecule has 3 nitrogen and oxygen atoms in total. The summed E-state index contributed by atoms with van der Waals surface area (Å²) in [4.78, 5) is 2.35. The molecule has 2 aromatic carbocycles. The fourth-order valence-electron chi connectivity index (χ4n) is 5.40. The molecule has 2 fully saturated rings. The Morgan fingerprint density at radius 2 is 1.73 bits per heavy atom. The van der Waals surface area contributed by atoms with Gasteiger partial charge in [0.2, 0.25) is 0 Å². The van der Waals surface area contributed by atoms with Crippen LogP contribution >= 0.6 is 0 Å². The van der Waals surface area contributed by atoms with Gasteiger partial charge in [-0.2, -0.15) is 0 Å². The summed E-state index contributed by atoms with van der Waals surface area (Å²) in [7, 11) is 0. The third kappa shape index (κ3) is 5.14. The monoisotopic (exact) mass is 451 g/mol. The zero-order valence-electron chi connectivity index (χ0n) is 19.5. The topological polar surface area (TPSA) is 41.3 Å². The smallest absolute Gasteiger partial charge is 0.270 e. The molecule has 0 bridgehead atoms. The highest BCUT2D eigenvalue weighted by Gasteiger charge is 2.44. The Kier molecular flexibility index (Phi) is 6.62. The third-order valence-electron chi connectivity index (χ3n) is 7.27. The van der Waals surface area contributed by atoms with Crippen LogP contribution in [0.5, 0.6) is 0 Å². The van der Waals surface area contributed by atoms with Gasteiger partial charge in [-0.3, -0.25) is 0 Å². The Morgan fingerprint density at radius 1 is 1.06 bits per heavy atom. The number of allylic oxidation sites excluding steroid dienone is 1. The Labute approximate surface area is 196 Å². The Morgan fingerprint density at radius 3 is 2.39 bits per heavy atom. The summed E-state index contributed by atoms with van der Waals surface area (Å²) >= 11 is 0. The van der Waals surface area contributed by atoms with Crippen molar-refractivity contribution >= 4 is 11.4 Å². The van der Waals surface area contributed by atoms with Crippen LogP contribution < -0.4 is 11.1 Å². The van der Waals surface area contributed by atoms with E-state index in [2.05, 4.69) is 35.5 Å². The molecule has 0 spiro atoms. The summed E-state index contributed by atoms with van der Waals surface area (Å²) in [6.45, 7) is 10.4. The molecule has 0 radical (unpaired) electrons. The van der Waals surface area contributed by atoms with E-state index in [0.717, 1.165) is 48.1 Å². The molecule has 2 unspecified atom stereocenters. The second-order valence-corrected chi connectivity index (χ2v) is 9.74. The van der Waals surface area contributed by atoms with Gasteiger partial charge in [0.05, 0.1) is 5.66 Å². The molecule has 4 rings (SSSR count). The van der Waals surface area contributed by atoms with Crippen molar-refractivity contribution in [2.45, 2.75) is 63.5 Å². The standard InChI is InChI=1S/C28H35F2N3/c1-20(19-22-9-13-24(14-10-22)27(3,29)30)32-26-15-11-23(12-16-26)21(2)33-18-6-8-25-7-4-5-17-28(25,33)31/h9-16,25,32H,1-2,4-8,17-19,31H2,3H3. The van der Waals surface area contributed by atoms with E-state index in [1.54, 1.807) is 12.1 Å². The highest BCUT2D eigenvalue weighted by molar-refractivity contribution is 5.65. The summed E-state index contributed by atoms with van der Waals surface area (Å²) < 4.78 is 26.8. The molecule has 5 heteroatoms. The number of hydrogen-bond acceptors (Lipinski definition) is 3. The molecule has 1 aliphatic carbocycles. The van der Waals surface area contributed by atoms with E-state index in [4.69, 9.17) is 5.73 Å². The predicted molar refractivity (Wildman–Crippen MR) is 133 cm³/mol. The van der Waals surface area contributed by atoms with Crippen molar-refractivity contribution in [1.82, 2.24) is 4.90 Å². The first-order chi connectivity index (χ1) is 15.7. The van der Waals surface area contributed by atoms with Gasteiger partial charge in [0.15, 0.2) is 0 Å². The van der Waals surface area contributed by atoms with Crippen LogP contribution in [0.3, 0.4) is 0 Å². The number of anilines is 1. The van der Waals surface area contributed by atoms with Crippen molar-refractivity contribution in [1.29, 1.82) is 0 Å². The van der Waals surface area contributed by atoms with Crippen LogP contribution in [0.1, 0.15) is 62.1 Å². The number of likely N-dealkylation sites (tertiary alicyclic amines) is 1. The first kappa shape index (κ1) is 23.5. The fourth-order valence-corrected chi connectivity index (χ4v) is 5.40. The number of benzene rings is 2. The van der Waals surface area contributed by atoms with Crippen LogP contribution in [0.15, 0.2) is 67.4 Å². The second kappa shape index (κ2) is 9.30. The number of alkyl halides is 2. The van der Waals surface area contributed by atoms with Gasteiger partial charge < -0.3 is 16.0 Å². The van der Waals surface area contributed by atoms with Crippen LogP contribution in [0.4, 0.5) is 14.5 Å². The average Bonchev–Trinajstić information content (AvgIpc) is 2.78. The van der Waals surface area contributed by atoms with Gasteiger partial charge in [0, 0.05) is 42.5 Å². The van der Waals surface area contributed by atoms with Crippen molar-refractivity contribution in [3.05, 3.63) is 84.1 Å². The lowest BCUT2D eigenvalue weighted by Crippen LogP contribution is -2.63. The van der Waals surface area contributed by atoms with E-state index < -0.39 is 5.92 Å². The molecule has 0 aromatic heterocycles. The summed E-state index contributed by atoms with van der Waals surface area (Å²) in [6.07, 6.45) is 7.67. The van der Waals surface area contributed by atoms with Gasteiger partial charge >= 0.3 is 0 Å². The largest absolute Gasteiger partial charge is 0.359 e. The van der Waals surface area contributed by atoms with Gasteiger partial charge in [-0.15, -0.1) is 0 Å². The van der Waals surface area contributed by atoms with Crippen LogP contribution in [-0.2, 0) is 12.3 Å². The predicted octanol–water partition coefficient (Wildman–Crippen LogP) is 6.88. The molecule has 1 saturated carbocycles. The molecule has 2 aromatic rings. The molecule has 2 atom stereocenters. The van der Waals surface area contributed by atoms with Crippen LogP contribution in [0.25, 0.3) is 5.70 Å². The van der Waals surface area contributed by atoms with Gasteiger partial charge in [0.1, 0.15) is 0 Å². The molecule has 1 aliphatic heterocycles. The SMILES string of the molecule is C=C(Cc1ccc(C(C)(F)F)cc1)Nc1ccc(C(=C)N2CCCC3CCCCC32N)cc1. The van der Waals surface area contributed by atoms with Crippen molar-refractivity contribution in [3.8, 4) is 0 Å². The van der Waals surface area contributed by atoms with Gasteiger partial charge in [-0.1, -0.05) is 56.0 Å². The van der Waals surface area contributed by atoms with E-state index in [1.807, 2.05) is 12.1 Å². The first-order valence-electron chi connectivity index (χ1n) is 11.9. The number of nitrogens with zero attached hydrogens (tertiary/aromatic N) is 1. The van der Waals surface area contributed by atoms with Crippen molar-refractivity contribution < 1.29 is 8.78 Å². The summed E-state index contributed by atoms with van der Waals surface area (Å²) in [5, 5.41) is 3.32. The highest BCUT2D eigenvalue weighted by atomic mass is 19.3. The van der Waals surface area contributed by atoms with E-state index in [1.165, 1.54) is 44.2 Å². The maximum absolute atomic E-state index is 13.4. The maximum Gasteiger partial charge on any atom is 0.270 e. The zero-order chi connectivity index (χ0) is 23.6. The van der Waals surface area contributed by atoms with Gasteiger partial charge in [0.25, 0.3) is 5.92 Å². The fraction of sp³-hybridized carbons (Fsp3) is 0.429. The summed E-state index contributed by atoms with van der Waals surface area (Å²) in [6, 6.07) is 14.6. The van der Waals surface area contributed by atoms with Crippen LogP contribution in [0.2, 0.25) is 0 Å². The maximum atomic E-state index is 13.4. The Hall–Kier alpha value is -2.66. The van der Waals surface area contributed by atoms with Gasteiger partial charge in [-0.25, -0.2) is 8.78 Å². The van der Waals surface area contributed by atoms with E-state index in [-0.39, 0.29) is 11.2 Å². The minimum atomic E-state index is -2.82. The lowest BCUT2D eigenvalue weighted by Gasteiger charge is -2.54. The summed E-state index contributed by atoms with van der Waals surface area (Å²) in [5.74, 6) is -2.27. The molecule has 0 amide bonds. The van der Waals surface area contributed by atoms with Crippen LogP contribution in [-0.4, -0.2) is 17.1 Å². The Balaban J connectivity index is 1.38. The molecule has 2 aliphatic rings. The average molecular weight is 452 g/mol. The minimum Gasteiger partial charge on any atom is -0.359 e. The van der Waals surface area contributed by atoms with Crippen LogP contribution in [0, 0.1) is 5.92 Å².